The summed E-state index contributed by atoms with van der Waals surface area (Å²) in [6.45, 7) is 2.81. The van der Waals surface area contributed by atoms with Gasteiger partial charge in [-0.25, -0.2) is 18.5 Å². The molecule has 5 aromatic rings. The minimum atomic E-state index is -3.86. The van der Waals surface area contributed by atoms with E-state index in [0.717, 1.165) is 34.8 Å². The number of hydrogen-bond donors (Lipinski definition) is 2. The predicted molar refractivity (Wildman–Crippen MR) is 144 cm³/mol. The molecule has 0 aliphatic heterocycles. The van der Waals surface area contributed by atoms with E-state index in [1.165, 1.54) is 23.9 Å². The van der Waals surface area contributed by atoms with Crippen molar-refractivity contribution < 1.29 is 13.2 Å². The third-order valence-corrected chi connectivity index (χ3v) is 8.32. The van der Waals surface area contributed by atoms with Gasteiger partial charge >= 0.3 is 0 Å². The second-order valence-electron chi connectivity index (χ2n) is 8.62. The predicted octanol–water partition coefficient (Wildman–Crippen LogP) is 5.68. The van der Waals surface area contributed by atoms with Gasteiger partial charge in [0.25, 0.3) is 0 Å². The number of H-pyrrole nitrogens is 1. The van der Waals surface area contributed by atoms with E-state index in [-0.39, 0.29) is 10.7 Å². The third-order valence-electron chi connectivity index (χ3n) is 6.17. The van der Waals surface area contributed by atoms with Gasteiger partial charge in [0.1, 0.15) is 5.25 Å². The Bertz CT molecular complexity index is 1660. The number of nitrogens with zero attached hydrogens (tertiary/aromatic N) is 2. The van der Waals surface area contributed by atoms with Gasteiger partial charge in [-0.15, -0.1) is 0 Å². The molecule has 0 saturated carbocycles. The number of aromatic amines is 1. The second-order valence-corrected chi connectivity index (χ2v) is 11.2. The van der Waals surface area contributed by atoms with Crippen LogP contribution in [0, 0.1) is 0 Å². The molecule has 1 unspecified atom stereocenters. The summed E-state index contributed by atoms with van der Waals surface area (Å²) < 4.78 is 25.9. The molecule has 0 spiro atoms. The number of rotatable bonds is 9. The number of carbonyl (C=O) groups is 1. The summed E-state index contributed by atoms with van der Waals surface area (Å²) in [7, 11) is -3.86. The number of ketones is 1. The molecule has 7 nitrogen and oxygen atoms in total. The molecule has 2 heterocycles. The molecule has 0 bridgehead atoms. The topological polar surface area (TPSA) is 111 Å². The normalized spacial score (nSPS) is 12.8. The summed E-state index contributed by atoms with van der Waals surface area (Å²) in [4.78, 5) is 22.0. The summed E-state index contributed by atoms with van der Waals surface area (Å²) in [6.07, 6.45) is 3.67. The lowest BCUT2D eigenvalue weighted by Gasteiger charge is -2.17. The zero-order valence-electron chi connectivity index (χ0n) is 19.7. The molecule has 0 radical (unpaired) electrons. The lowest BCUT2D eigenvalue weighted by molar-refractivity contribution is 0.0991. The van der Waals surface area contributed by atoms with Crippen molar-refractivity contribution in [2.24, 2.45) is 5.14 Å². The molecule has 0 amide bonds. The maximum atomic E-state index is 14.0. The number of aryl methyl sites for hydroxylation is 1. The Morgan fingerprint density at radius 2 is 1.83 bits per heavy atom. The fourth-order valence-electron chi connectivity index (χ4n) is 4.31. The Morgan fingerprint density at radius 1 is 1.08 bits per heavy atom. The van der Waals surface area contributed by atoms with Crippen LogP contribution in [-0.2, 0) is 16.6 Å². The number of sulfonamides is 1. The number of fused-ring (bicyclic) bond motifs is 2. The van der Waals surface area contributed by atoms with Crippen LogP contribution in [0.25, 0.3) is 21.9 Å². The standard InChI is InChI=1S/C27H26N4O3S2/c1-2-3-15-31-24-14-13-19(36(28,33)34)16-23(24)30-27(31)35-26(18-9-5-4-6-10-18)25(32)21-17-29-22-12-8-7-11-20(21)22/h4-14,16-17,26,29H,2-3,15H2,1H3,(H2,28,33,34). The highest BCUT2D eigenvalue weighted by Crippen LogP contribution is 2.40. The van der Waals surface area contributed by atoms with E-state index in [4.69, 9.17) is 10.1 Å². The molecule has 3 aromatic carbocycles. The van der Waals surface area contributed by atoms with Gasteiger partial charge in [0.15, 0.2) is 10.9 Å². The van der Waals surface area contributed by atoms with Crippen LogP contribution < -0.4 is 5.14 Å². The number of para-hydroxylation sites is 1. The number of hydrogen-bond acceptors (Lipinski definition) is 5. The number of nitrogens with two attached hydrogens (primary N) is 1. The summed E-state index contributed by atoms with van der Waals surface area (Å²) in [5, 5.41) is 6.35. The smallest absolute Gasteiger partial charge is 0.238 e. The molecule has 3 N–H and O–H groups in total. The maximum Gasteiger partial charge on any atom is 0.238 e. The molecule has 0 fully saturated rings. The van der Waals surface area contributed by atoms with Gasteiger partial charge in [-0.1, -0.05) is 73.6 Å². The second kappa shape index (κ2) is 9.93. The van der Waals surface area contributed by atoms with E-state index < -0.39 is 15.3 Å². The first kappa shape index (κ1) is 24.3. The van der Waals surface area contributed by atoms with Crippen molar-refractivity contribution in [3.05, 3.63) is 90.1 Å². The first-order valence-electron chi connectivity index (χ1n) is 11.7. The number of aromatic nitrogens is 3. The van der Waals surface area contributed by atoms with Crippen molar-refractivity contribution in [3.8, 4) is 0 Å². The largest absolute Gasteiger partial charge is 0.360 e. The minimum absolute atomic E-state index is 0.0150. The fourth-order valence-corrected chi connectivity index (χ4v) is 6.05. The van der Waals surface area contributed by atoms with Crippen LogP contribution in [-0.4, -0.2) is 28.7 Å². The van der Waals surface area contributed by atoms with Crippen molar-refractivity contribution in [2.45, 2.75) is 41.6 Å². The third kappa shape index (κ3) is 4.69. The fraction of sp³-hybridized carbons (Fsp3) is 0.185. The number of nitrogens with one attached hydrogen (secondary N) is 1. The number of unbranched alkanes of at least 4 members (excludes halogenated alkanes) is 1. The Kier molecular flexibility index (Phi) is 6.70. The average Bonchev–Trinajstić information content (AvgIpc) is 3.46. The summed E-state index contributed by atoms with van der Waals surface area (Å²) >= 11 is 1.38. The van der Waals surface area contributed by atoms with Crippen molar-refractivity contribution in [1.29, 1.82) is 0 Å². The van der Waals surface area contributed by atoms with Crippen LogP contribution in [0.1, 0.15) is 40.9 Å². The monoisotopic (exact) mass is 518 g/mol. The molecule has 9 heteroatoms. The number of carbonyl (C=O) groups excluding carboxylic acids is 1. The summed E-state index contributed by atoms with van der Waals surface area (Å²) in [5.74, 6) is -0.0250. The van der Waals surface area contributed by atoms with Crippen molar-refractivity contribution >= 4 is 49.5 Å². The molecular weight excluding hydrogens is 492 g/mol. The first-order chi connectivity index (χ1) is 17.4. The molecule has 1 atom stereocenters. The number of Topliss-reactive ketones (excluding diaryl/α,β-unsaturated/α-hetero) is 1. The number of imidazole rings is 1. The van der Waals surface area contributed by atoms with Crippen LogP contribution in [0.2, 0.25) is 0 Å². The van der Waals surface area contributed by atoms with Crippen molar-refractivity contribution in [1.82, 2.24) is 14.5 Å². The Labute approximate surface area is 213 Å². The molecule has 0 aliphatic rings. The van der Waals surface area contributed by atoms with Gasteiger partial charge < -0.3 is 9.55 Å². The number of primary sulfonamides is 1. The highest BCUT2D eigenvalue weighted by atomic mass is 32.2. The highest BCUT2D eigenvalue weighted by molar-refractivity contribution is 8.00. The number of benzene rings is 3. The molecular formula is C27H26N4O3S2. The maximum absolute atomic E-state index is 14.0. The van der Waals surface area contributed by atoms with Gasteiger partial charge in [0, 0.05) is 29.2 Å². The highest BCUT2D eigenvalue weighted by Gasteiger charge is 2.28. The molecule has 2 aromatic heterocycles. The van der Waals surface area contributed by atoms with Crippen LogP contribution >= 0.6 is 11.8 Å². The minimum Gasteiger partial charge on any atom is -0.360 e. The molecule has 0 aliphatic carbocycles. The Balaban J connectivity index is 1.62. The van der Waals surface area contributed by atoms with Gasteiger partial charge in [-0.05, 0) is 36.2 Å². The van der Waals surface area contributed by atoms with Crippen LogP contribution in [0.5, 0.6) is 0 Å². The zero-order chi connectivity index (χ0) is 25.3. The van der Waals surface area contributed by atoms with E-state index in [2.05, 4.69) is 16.5 Å². The quantitative estimate of drug-likeness (QED) is 0.193. The number of thioether (sulfide) groups is 1. The SMILES string of the molecule is CCCCn1c(SC(C(=O)c2c[nH]c3ccccc23)c2ccccc2)nc2cc(S(N)(=O)=O)ccc21. The molecule has 36 heavy (non-hydrogen) atoms. The molecule has 5 rings (SSSR count). The Hall–Kier alpha value is -3.40. The van der Waals surface area contributed by atoms with Gasteiger partial charge in [0.05, 0.1) is 15.9 Å². The van der Waals surface area contributed by atoms with E-state index >= 15 is 0 Å². The van der Waals surface area contributed by atoms with E-state index in [9.17, 15) is 13.2 Å². The molecule has 0 saturated heterocycles. The van der Waals surface area contributed by atoms with Crippen molar-refractivity contribution in [2.75, 3.05) is 0 Å². The first-order valence-corrected chi connectivity index (χ1v) is 14.1. The van der Waals surface area contributed by atoms with Gasteiger partial charge in [0.2, 0.25) is 10.0 Å². The lowest BCUT2D eigenvalue weighted by atomic mass is 10.0. The van der Waals surface area contributed by atoms with Gasteiger partial charge in [-0.3, -0.25) is 4.79 Å². The zero-order valence-corrected chi connectivity index (χ0v) is 21.4. The van der Waals surface area contributed by atoms with E-state index in [1.807, 2.05) is 54.6 Å². The van der Waals surface area contributed by atoms with Crippen LogP contribution in [0.3, 0.4) is 0 Å². The van der Waals surface area contributed by atoms with Crippen LogP contribution in [0.4, 0.5) is 0 Å². The average molecular weight is 519 g/mol. The van der Waals surface area contributed by atoms with Crippen LogP contribution in [0.15, 0.2) is 89.0 Å². The Morgan fingerprint density at radius 3 is 2.58 bits per heavy atom. The van der Waals surface area contributed by atoms with E-state index in [1.54, 1.807) is 12.3 Å². The lowest BCUT2D eigenvalue weighted by Crippen LogP contribution is -2.12. The molecule has 184 valence electrons. The van der Waals surface area contributed by atoms with E-state index in [0.29, 0.717) is 22.8 Å². The van der Waals surface area contributed by atoms with Gasteiger partial charge in [-0.2, -0.15) is 0 Å². The van der Waals surface area contributed by atoms with Crippen molar-refractivity contribution in [3.63, 3.8) is 0 Å². The summed E-state index contributed by atoms with van der Waals surface area (Å²) in [6, 6.07) is 22.1. The summed E-state index contributed by atoms with van der Waals surface area (Å²) in [5.41, 5.74) is 3.75.